The van der Waals surface area contributed by atoms with Crippen molar-refractivity contribution >= 4 is 23.5 Å². The zero-order chi connectivity index (χ0) is 19.9. The highest BCUT2D eigenvalue weighted by Gasteiger charge is 2.22. The van der Waals surface area contributed by atoms with Crippen molar-refractivity contribution in [3.05, 3.63) is 65.7 Å². The van der Waals surface area contributed by atoms with Gasteiger partial charge in [0.25, 0.3) is 0 Å². The normalized spacial score (nSPS) is 14.6. The van der Waals surface area contributed by atoms with Gasteiger partial charge in [0, 0.05) is 18.7 Å². The Kier molecular flexibility index (Phi) is 6.42. The van der Waals surface area contributed by atoms with Gasteiger partial charge in [0.05, 0.1) is 26.0 Å². The first-order valence-electron chi connectivity index (χ1n) is 9.37. The second-order valence-corrected chi connectivity index (χ2v) is 6.80. The summed E-state index contributed by atoms with van der Waals surface area (Å²) in [6, 6.07) is 16.4. The van der Waals surface area contributed by atoms with Gasteiger partial charge in [-0.25, -0.2) is 0 Å². The van der Waals surface area contributed by atoms with Gasteiger partial charge in [0.1, 0.15) is 0 Å². The topological polar surface area (TPSA) is 75.7 Å². The summed E-state index contributed by atoms with van der Waals surface area (Å²) in [5.74, 6) is -0.421. The van der Waals surface area contributed by atoms with Crippen LogP contribution in [0.15, 0.2) is 54.6 Å². The zero-order valence-electron chi connectivity index (χ0n) is 15.9. The number of esters is 1. The van der Waals surface area contributed by atoms with Crippen molar-refractivity contribution in [1.82, 2.24) is 5.32 Å². The number of benzene rings is 2. The van der Waals surface area contributed by atoms with Crippen LogP contribution in [0.4, 0.5) is 5.69 Å². The van der Waals surface area contributed by atoms with E-state index < -0.39 is 6.04 Å². The fraction of sp³-hybridized carbons (Fsp3) is 0.318. The number of ether oxygens (including phenoxy) is 1. The summed E-state index contributed by atoms with van der Waals surface area (Å²) in [4.78, 5) is 37.9. The van der Waals surface area contributed by atoms with E-state index in [0.717, 1.165) is 29.8 Å². The second-order valence-electron chi connectivity index (χ2n) is 6.80. The molecule has 28 heavy (non-hydrogen) atoms. The van der Waals surface area contributed by atoms with Crippen LogP contribution < -0.4 is 10.2 Å². The molecule has 1 aliphatic heterocycles. The molecule has 0 unspecified atom stereocenters. The lowest BCUT2D eigenvalue weighted by atomic mass is 10.0. The molecule has 1 fully saturated rings. The third-order valence-corrected chi connectivity index (χ3v) is 4.82. The van der Waals surface area contributed by atoms with E-state index in [4.69, 9.17) is 4.74 Å². The number of nitrogens with zero attached hydrogens (tertiary/aromatic N) is 1. The molecule has 0 aliphatic carbocycles. The Morgan fingerprint density at radius 2 is 1.82 bits per heavy atom. The lowest BCUT2D eigenvalue weighted by molar-refractivity contribution is -0.141. The fourth-order valence-corrected chi connectivity index (χ4v) is 3.33. The van der Waals surface area contributed by atoms with Crippen LogP contribution in [0.5, 0.6) is 0 Å². The van der Waals surface area contributed by atoms with E-state index in [-0.39, 0.29) is 30.6 Å². The smallest absolute Gasteiger partial charge is 0.307 e. The molecule has 1 N–H and O–H groups in total. The fourth-order valence-electron chi connectivity index (χ4n) is 3.33. The van der Waals surface area contributed by atoms with Crippen LogP contribution in [-0.4, -0.2) is 31.4 Å². The third kappa shape index (κ3) is 4.97. The van der Waals surface area contributed by atoms with Crippen molar-refractivity contribution < 1.29 is 19.1 Å². The zero-order valence-corrected chi connectivity index (χ0v) is 15.9. The van der Waals surface area contributed by atoms with E-state index in [1.807, 2.05) is 54.6 Å². The molecule has 0 bridgehead atoms. The molecule has 6 heteroatoms. The molecule has 3 rings (SSSR count). The Hall–Kier alpha value is -3.15. The average Bonchev–Trinajstić information content (AvgIpc) is 3.14. The van der Waals surface area contributed by atoms with Gasteiger partial charge in [0.15, 0.2) is 0 Å². The molecule has 0 saturated carbocycles. The molecule has 1 saturated heterocycles. The maximum absolute atomic E-state index is 12.5. The molecule has 0 spiro atoms. The van der Waals surface area contributed by atoms with E-state index in [9.17, 15) is 14.4 Å². The van der Waals surface area contributed by atoms with Gasteiger partial charge in [-0.1, -0.05) is 42.5 Å². The summed E-state index contributed by atoms with van der Waals surface area (Å²) in [5.41, 5.74) is 2.56. The summed E-state index contributed by atoms with van der Waals surface area (Å²) in [5, 5.41) is 2.92. The van der Waals surface area contributed by atoms with E-state index >= 15 is 0 Å². The highest BCUT2D eigenvalue weighted by molar-refractivity contribution is 5.95. The van der Waals surface area contributed by atoms with E-state index in [2.05, 4.69) is 5.32 Å². The Balaban J connectivity index is 1.64. The molecule has 0 aromatic heterocycles. The quantitative estimate of drug-likeness (QED) is 0.750. The lowest BCUT2D eigenvalue weighted by Crippen LogP contribution is -2.31. The number of methoxy groups -OCH3 is 1. The molecule has 6 nitrogen and oxygen atoms in total. The number of anilines is 1. The second kappa shape index (κ2) is 9.17. The van der Waals surface area contributed by atoms with Gasteiger partial charge >= 0.3 is 5.97 Å². The Labute approximate surface area is 164 Å². The largest absolute Gasteiger partial charge is 0.469 e. The molecule has 2 aromatic carbocycles. The predicted octanol–water partition coefficient (Wildman–Crippen LogP) is 2.78. The summed E-state index contributed by atoms with van der Waals surface area (Å²) in [7, 11) is 1.33. The van der Waals surface area contributed by atoms with Gasteiger partial charge in [-0.15, -0.1) is 0 Å². The maximum atomic E-state index is 12.5. The SMILES string of the molecule is COC(=O)C[C@@H](NC(=O)Cc1ccc(N2CCCC2=O)cc1)c1ccccc1. The molecule has 1 atom stereocenters. The first-order chi connectivity index (χ1) is 13.6. The molecule has 146 valence electrons. The molecule has 2 amide bonds. The minimum atomic E-state index is -0.442. The Bertz CT molecular complexity index is 833. The molecule has 1 heterocycles. The van der Waals surface area contributed by atoms with Crippen LogP contribution in [0, 0.1) is 0 Å². The minimum absolute atomic E-state index is 0.0717. The van der Waals surface area contributed by atoms with Gasteiger partial charge < -0.3 is 15.0 Å². The first-order valence-corrected chi connectivity index (χ1v) is 9.37. The van der Waals surface area contributed by atoms with Crippen LogP contribution in [0.2, 0.25) is 0 Å². The van der Waals surface area contributed by atoms with Crippen molar-refractivity contribution in [3.8, 4) is 0 Å². The summed E-state index contributed by atoms with van der Waals surface area (Å²) >= 11 is 0. The number of carbonyl (C=O) groups excluding carboxylic acids is 3. The summed E-state index contributed by atoms with van der Waals surface area (Å²) < 4.78 is 4.75. The van der Waals surface area contributed by atoms with Gasteiger partial charge in [0.2, 0.25) is 11.8 Å². The number of carbonyl (C=O) groups is 3. The lowest BCUT2D eigenvalue weighted by Gasteiger charge is -2.19. The van der Waals surface area contributed by atoms with E-state index in [1.165, 1.54) is 7.11 Å². The number of amides is 2. The van der Waals surface area contributed by atoms with Crippen LogP contribution >= 0.6 is 0 Å². The van der Waals surface area contributed by atoms with E-state index in [1.54, 1.807) is 4.90 Å². The van der Waals surface area contributed by atoms with Crippen molar-refractivity contribution in [2.75, 3.05) is 18.6 Å². The van der Waals surface area contributed by atoms with Gasteiger partial charge in [-0.3, -0.25) is 14.4 Å². The molecular formula is C22H24N2O4. The third-order valence-electron chi connectivity index (χ3n) is 4.82. The van der Waals surface area contributed by atoms with Crippen molar-refractivity contribution in [2.45, 2.75) is 31.7 Å². The summed E-state index contributed by atoms with van der Waals surface area (Å²) in [6.07, 6.45) is 1.73. The molecular weight excluding hydrogens is 356 g/mol. The highest BCUT2D eigenvalue weighted by Crippen LogP contribution is 2.22. The average molecular weight is 380 g/mol. The monoisotopic (exact) mass is 380 g/mol. The number of rotatable bonds is 7. The number of hydrogen-bond acceptors (Lipinski definition) is 4. The van der Waals surface area contributed by atoms with E-state index in [0.29, 0.717) is 6.42 Å². The van der Waals surface area contributed by atoms with Gasteiger partial charge in [-0.2, -0.15) is 0 Å². The highest BCUT2D eigenvalue weighted by atomic mass is 16.5. The maximum Gasteiger partial charge on any atom is 0.307 e. The number of nitrogens with one attached hydrogen (secondary N) is 1. The minimum Gasteiger partial charge on any atom is -0.469 e. The van der Waals surface area contributed by atoms with Crippen LogP contribution in [0.25, 0.3) is 0 Å². The molecule has 1 aliphatic rings. The molecule has 2 aromatic rings. The van der Waals surface area contributed by atoms with Crippen LogP contribution in [-0.2, 0) is 25.5 Å². The predicted molar refractivity (Wildman–Crippen MR) is 106 cm³/mol. The standard InChI is InChI=1S/C22H24N2O4/c1-28-22(27)15-19(17-6-3-2-4-7-17)23-20(25)14-16-9-11-18(12-10-16)24-13-5-8-21(24)26/h2-4,6-7,9-12,19H,5,8,13-15H2,1H3,(H,23,25)/t19-/m1/s1. The number of hydrogen-bond donors (Lipinski definition) is 1. The van der Waals surface area contributed by atoms with Crippen LogP contribution in [0.1, 0.15) is 36.4 Å². The van der Waals surface area contributed by atoms with Crippen molar-refractivity contribution in [2.24, 2.45) is 0 Å². The Morgan fingerprint density at radius 1 is 1.11 bits per heavy atom. The summed E-state index contributed by atoms with van der Waals surface area (Å²) in [6.45, 7) is 0.741. The Morgan fingerprint density at radius 3 is 2.43 bits per heavy atom. The van der Waals surface area contributed by atoms with Crippen LogP contribution in [0.3, 0.4) is 0 Å². The molecule has 0 radical (unpaired) electrons. The first kappa shape index (κ1) is 19.6. The van der Waals surface area contributed by atoms with Crippen molar-refractivity contribution in [1.29, 1.82) is 0 Å². The van der Waals surface area contributed by atoms with Gasteiger partial charge in [-0.05, 0) is 29.7 Å². The van der Waals surface area contributed by atoms with Crippen molar-refractivity contribution in [3.63, 3.8) is 0 Å².